The third-order valence-electron chi connectivity index (χ3n) is 2.87. The minimum absolute atomic E-state index is 0.274. The molecule has 0 aliphatic carbocycles. The van der Waals surface area contributed by atoms with Crippen LogP contribution in [-0.2, 0) is 18.0 Å². The van der Waals surface area contributed by atoms with Crippen molar-refractivity contribution in [2.24, 2.45) is 0 Å². The Kier molecular flexibility index (Phi) is 4.74. The Hall–Kier alpha value is -2.33. The second kappa shape index (κ2) is 6.73. The van der Waals surface area contributed by atoms with Crippen molar-refractivity contribution in [2.75, 3.05) is 7.11 Å². The number of carboxylic acid groups (broad SMARTS) is 1. The van der Waals surface area contributed by atoms with Crippen LogP contribution in [0.25, 0.3) is 0 Å². The van der Waals surface area contributed by atoms with Crippen molar-refractivity contribution in [2.45, 2.75) is 13.2 Å². The van der Waals surface area contributed by atoms with Gasteiger partial charge in [-0.15, -0.1) is 0 Å². The zero-order valence-corrected chi connectivity index (χ0v) is 11.2. The second-order valence-electron chi connectivity index (χ2n) is 4.35. The van der Waals surface area contributed by atoms with Gasteiger partial charge in [0, 0.05) is 0 Å². The largest absolute Gasteiger partial charge is 0.497 e. The van der Waals surface area contributed by atoms with Gasteiger partial charge >= 0.3 is 5.97 Å². The van der Waals surface area contributed by atoms with E-state index in [9.17, 15) is 4.79 Å². The Morgan fingerprint density at radius 3 is 2.40 bits per heavy atom. The van der Waals surface area contributed by atoms with Crippen LogP contribution in [0, 0.1) is 0 Å². The van der Waals surface area contributed by atoms with Gasteiger partial charge in [0.05, 0.1) is 25.9 Å². The molecule has 0 saturated heterocycles. The summed E-state index contributed by atoms with van der Waals surface area (Å²) in [5, 5.41) is 8.91. The summed E-state index contributed by atoms with van der Waals surface area (Å²) in [4.78, 5) is 10.9. The van der Waals surface area contributed by atoms with Gasteiger partial charge in [-0.1, -0.05) is 24.3 Å². The van der Waals surface area contributed by atoms with Gasteiger partial charge in [-0.2, -0.15) is 0 Å². The lowest BCUT2D eigenvalue weighted by molar-refractivity contribution is 0.0696. The summed E-state index contributed by atoms with van der Waals surface area (Å²) in [5.41, 5.74) is 2.16. The van der Waals surface area contributed by atoms with Crippen molar-refractivity contribution in [1.29, 1.82) is 0 Å². The van der Waals surface area contributed by atoms with Crippen LogP contribution >= 0.6 is 0 Å². The SMILES string of the molecule is COc1ccc(COCc2cccc(C(=O)O)c2)cc1. The molecular formula is C16H16O4. The van der Waals surface area contributed by atoms with Gasteiger partial charge in [-0.05, 0) is 35.4 Å². The van der Waals surface area contributed by atoms with E-state index in [-0.39, 0.29) is 5.56 Å². The van der Waals surface area contributed by atoms with Crippen molar-refractivity contribution in [3.8, 4) is 5.75 Å². The molecule has 0 aliphatic heterocycles. The molecule has 4 nitrogen and oxygen atoms in total. The first-order valence-electron chi connectivity index (χ1n) is 6.22. The molecular weight excluding hydrogens is 256 g/mol. The molecule has 20 heavy (non-hydrogen) atoms. The van der Waals surface area contributed by atoms with Crippen molar-refractivity contribution in [1.82, 2.24) is 0 Å². The molecule has 2 aromatic rings. The first-order valence-corrected chi connectivity index (χ1v) is 6.22. The van der Waals surface area contributed by atoms with Crippen LogP contribution < -0.4 is 4.74 Å². The van der Waals surface area contributed by atoms with Gasteiger partial charge in [-0.3, -0.25) is 0 Å². The number of rotatable bonds is 6. The maximum Gasteiger partial charge on any atom is 0.335 e. The lowest BCUT2D eigenvalue weighted by atomic mass is 10.1. The number of aromatic carboxylic acids is 1. The highest BCUT2D eigenvalue weighted by Gasteiger charge is 2.03. The summed E-state index contributed by atoms with van der Waals surface area (Å²) >= 11 is 0. The minimum atomic E-state index is -0.929. The predicted molar refractivity (Wildman–Crippen MR) is 74.9 cm³/mol. The standard InChI is InChI=1S/C16H16O4/c1-19-15-7-5-12(6-8-15)10-20-11-13-3-2-4-14(9-13)16(17)18/h2-9H,10-11H2,1H3,(H,17,18). The molecule has 0 saturated carbocycles. The van der Waals surface area contributed by atoms with Crippen molar-refractivity contribution in [3.63, 3.8) is 0 Å². The van der Waals surface area contributed by atoms with E-state index < -0.39 is 5.97 Å². The summed E-state index contributed by atoms with van der Waals surface area (Å²) < 4.78 is 10.7. The molecule has 0 spiro atoms. The molecule has 0 heterocycles. The van der Waals surface area contributed by atoms with Crippen LogP contribution in [0.1, 0.15) is 21.5 Å². The summed E-state index contributed by atoms with van der Waals surface area (Å²) in [6.45, 7) is 0.856. The summed E-state index contributed by atoms with van der Waals surface area (Å²) in [6, 6.07) is 14.4. The van der Waals surface area contributed by atoms with Crippen LogP contribution in [0.15, 0.2) is 48.5 Å². The third kappa shape index (κ3) is 3.83. The number of hydrogen-bond donors (Lipinski definition) is 1. The Labute approximate surface area is 117 Å². The van der Waals surface area contributed by atoms with E-state index in [0.29, 0.717) is 13.2 Å². The number of carboxylic acids is 1. The summed E-state index contributed by atoms with van der Waals surface area (Å²) in [5.74, 6) is -0.120. The number of carbonyl (C=O) groups is 1. The fourth-order valence-corrected chi connectivity index (χ4v) is 1.80. The van der Waals surface area contributed by atoms with E-state index in [1.807, 2.05) is 30.3 Å². The minimum Gasteiger partial charge on any atom is -0.497 e. The van der Waals surface area contributed by atoms with Gasteiger partial charge in [-0.25, -0.2) is 4.79 Å². The number of hydrogen-bond acceptors (Lipinski definition) is 3. The van der Waals surface area contributed by atoms with E-state index in [2.05, 4.69) is 0 Å². The monoisotopic (exact) mass is 272 g/mol. The first-order chi connectivity index (χ1) is 9.69. The Morgan fingerprint density at radius 2 is 1.75 bits per heavy atom. The van der Waals surface area contributed by atoms with Crippen molar-refractivity contribution >= 4 is 5.97 Å². The van der Waals surface area contributed by atoms with Gasteiger partial charge in [0.25, 0.3) is 0 Å². The van der Waals surface area contributed by atoms with Gasteiger partial charge in [0.2, 0.25) is 0 Å². The molecule has 2 aromatic carbocycles. The highest BCUT2D eigenvalue weighted by Crippen LogP contribution is 2.13. The zero-order chi connectivity index (χ0) is 14.4. The van der Waals surface area contributed by atoms with E-state index in [0.717, 1.165) is 16.9 Å². The number of ether oxygens (including phenoxy) is 2. The Morgan fingerprint density at radius 1 is 1.05 bits per heavy atom. The zero-order valence-electron chi connectivity index (χ0n) is 11.2. The van der Waals surface area contributed by atoms with E-state index in [1.165, 1.54) is 0 Å². The van der Waals surface area contributed by atoms with Gasteiger partial charge in [0.15, 0.2) is 0 Å². The molecule has 104 valence electrons. The second-order valence-corrected chi connectivity index (χ2v) is 4.35. The molecule has 2 rings (SSSR count). The van der Waals surface area contributed by atoms with E-state index in [4.69, 9.17) is 14.6 Å². The van der Waals surface area contributed by atoms with Crippen molar-refractivity contribution in [3.05, 3.63) is 65.2 Å². The lowest BCUT2D eigenvalue weighted by Gasteiger charge is -2.06. The molecule has 0 aromatic heterocycles. The molecule has 0 unspecified atom stereocenters. The topological polar surface area (TPSA) is 55.8 Å². The molecule has 0 aliphatic rings. The fraction of sp³-hybridized carbons (Fsp3) is 0.188. The highest BCUT2D eigenvalue weighted by atomic mass is 16.5. The average Bonchev–Trinajstić information content (AvgIpc) is 2.48. The normalized spacial score (nSPS) is 10.2. The van der Waals surface area contributed by atoms with Crippen LogP contribution in [0.2, 0.25) is 0 Å². The summed E-state index contributed by atoms with van der Waals surface area (Å²) in [7, 11) is 1.63. The van der Waals surface area contributed by atoms with E-state index in [1.54, 1.807) is 25.3 Å². The quantitative estimate of drug-likeness (QED) is 0.877. The molecule has 4 heteroatoms. The summed E-state index contributed by atoms with van der Waals surface area (Å²) in [6.07, 6.45) is 0. The molecule has 0 fully saturated rings. The van der Waals surface area contributed by atoms with E-state index >= 15 is 0 Å². The first kappa shape index (κ1) is 14.1. The fourth-order valence-electron chi connectivity index (χ4n) is 1.80. The molecule has 0 radical (unpaired) electrons. The lowest BCUT2D eigenvalue weighted by Crippen LogP contribution is -1.99. The molecule has 0 amide bonds. The Balaban J connectivity index is 1.88. The van der Waals surface area contributed by atoms with Crippen LogP contribution in [0.5, 0.6) is 5.75 Å². The third-order valence-corrected chi connectivity index (χ3v) is 2.87. The van der Waals surface area contributed by atoms with Crippen molar-refractivity contribution < 1.29 is 19.4 Å². The smallest absolute Gasteiger partial charge is 0.335 e. The van der Waals surface area contributed by atoms with Crippen LogP contribution in [-0.4, -0.2) is 18.2 Å². The van der Waals surface area contributed by atoms with Gasteiger partial charge < -0.3 is 14.6 Å². The maximum absolute atomic E-state index is 10.9. The average molecular weight is 272 g/mol. The number of methoxy groups -OCH3 is 1. The van der Waals surface area contributed by atoms with Crippen LogP contribution in [0.3, 0.4) is 0 Å². The Bertz CT molecular complexity index is 575. The van der Waals surface area contributed by atoms with Gasteiger partial charge in [0.1, 0.15) is 5.75 Å². The van der Waals surface area contributed by atoms with Crippen LogP contribution in [0.4, 0.5) is 0 Å². The molecule has 0 bridgehead atoms. The highest BCUT2D eigenvalue weighted by molar-refractivity contribution is 5.87. The molecule has 0 atom stereocenters. The molecule has 1 N–H and O–H groups in total. The predicted octanol–water partition coefficient (Wildman–Crippen LogP) is 3.11. The maximum atomic E-state index is 10.9. The number of benzene rings is 2.